The first kappa shape index (κ1) is 14.3. The van der Waals surface area contributed by atoms with Gasteiger partial charge in [0.25, 0.3) is 0 Å². The van der Waals surface area contributed by atoms with Crippen molar-refractivity contribution >= 4 is 0 Å². The molecule has 5 heteroatoms. The van der Waals surface area contributed by atoms with E-state index in [-0.39, 0.29) is 11.6 Å². The van der Waals surface area contributed by atoms with Gasteiger partial charge in [0, 0.05) is 18.4 Å². The molecule has 1 aromatic carbocycles. The zero-order valence-corrected chi connectivity index (χ0v) is 11.1. The van der Waals surface area contributed by atoms with Crippen LogP contribution in [0.25, 0.3) is 0 Å². The number of benzene rings is 1. The van der Waals surface area contributed by atoms with Crippen LogP contribution in [-0.2, 0) is 17.3 Å². The molecule has 1 heterocycles. The number of hydrogen-bond donors (Lipinski definition) is 1. The summed E-state index contributed by atoms with van der Waals surface area (Å²) in [5.41, 5.74) is 0.0952. The molecule has 0 bridgehead atoms. The zero-order chi connectivity index (χ0) is 14.1. The third-order valence-electron chi connectivity index (χ3n) is 3.16. The normalized spacial score (nSPS) is 23.3. The fourth-order valence-corrected chi connectivity index (χ4v) is 2.05. The van der Waals surface area contributed by atoms with Gasteiger partial charge in [0.1, 0.15) is 6.23 Å². The highest BCUT2D eigenvalue weighted by molar-refractivity contribution is 5.26. The first-order valence-corrected chi connectivity index (χ1v) is 6.27. The third-order valence-corrected chi connectivity index (χ3v) is 3.16. The zero-order valence-electron chi connectivity index (χ0n) is 11.1. The summed E-state index contributed by atoms with van der Waals surface area (Å²) in [5.74, 6) is 0. The van der Waals surface area contributed by atoms with Gasteiger partial charge in [0.15, 0.2) is 0 Å². The van der Waals surface area contributed by atoms with Crippen LogP contribution in [-0.4, -0.2) is 19.4 Å². The van der Waals surface area contributed by atoms with Crippen molar-refractivity contribution in [1.82, 2.24) is 5.32 Å². The molecule has 19 heavy (non-hydrogen) atoms. The van der Waals surface area contributed by atoms with Gasteiger partial charge >= 0.3 is 6.18 Å². The molecule has 1 fully saturated rings. The van der Waals surface area contributed by atoms with Gasteiger partial charge < -0.3 is 4.74 Å². The summed E-state index contributed by atoms with van der Waals surface area (Å²) >= 11 is 0. The second kappa shape index (κ2) is 5.13. The molecule has 1 N–H and O–H groups in total. The molecule has 2 nitrogen and oxygen atoms in total. The molecule has 0 amide bonds. The second-order valence-corrected chi connectivity index (χ2v) is 5.75. The lowest BCUT2D eigenvalue weighted by atomic mass is 9.93. The van der Waals surface area contributed by atoms with Crippen LogP contribution in [0.3, 0.4) is 0 Å². The Bertz CT molecular complexity index is 433. The highest BCUT2D eigenvalue weighted by Crippen LogP contribution is 2.30. The predicted octanol–water partition coefficient (Wildman–Crippen LogP) is 3.22. The van der Waals surface area contributed by atoms with Gasteiger partial charge in [-0.3, -0.25) is 5.32 Å². The fraction of sp³-hybridized carbons (Fsp3) is 0.571. The first-order valence-electron chi connectivity index (χ1n) is 6.27. The molecule has 0 radical (unpaired) electrons. The molecule has 0 saturated carbocycles. The second-order valence-electron chi connectivity index (χ2n) is 5.75. The number of ether oxygens (including phenoxy) is 1. The number of halogens is 3. The summed E-state index contributed by atoms with van der Waals surface area (Å²) in [6.07, 6.45) is -4.06. The van der Waals surface area contributed by atoms with Gasteiger partial charge in [-0.2, -0.15) is 13.2 Å². The van der Waals surface area contributed by atoms with Crippen molar-refractivity contribution in [3.05, 3.63) is 35.4 Å². The van der Waals surface area contributed by atoms with Crippen molar-refractivity contribution < 1.29 is 17.9 Å². The monoisotopic (exact) mass is 273 g/mol. The molecule has 1 aliphatic rings. The molecule has 1 atom stereocenters. The van der Waals surface area contributed by atoms with E-state index in [4.69, 9.17) is 4.74 Å². The van der Waals surface area contributed by atoms with Crippen molar-refractivity contribution in [2.75, 3.05) is 13.2 Å². The highest BCUT2D eigenvalue weighted by atomic mass is 19.4. The van der Waals surface area contributed by atoms with E-state index in [1.807, 2.05) is 0 Å². The molecule has 1 unspecified atom stereocenters. The van der Waals surface area contributed by atoms with Gasteiger partial charge in [0.05, 0.1) is 12.2 Å². The summed E-state index contributed by atoms with van der Waals surface area (Å²) in [4.78, 5) is 0. The number of nitrogens with one attached hydrogen (secondary N) is 1. The van der Waals surface area contributed by atoms with E-state index in [1.165, 1.54) is 12.1 Å². The Hall–Kier alpha value is -1.07. The van der Waals surface area contributed by atoms with E-state index in [0.29, 0.717) is 18.6 Å². The smallest absolute Gasteiger partial charge is 0.362 e. The molecular weight excluding hydrogens is 255 g/mol. The van der Waals surface area contributed by atoms with Gasteiger partial charge in [-0.1, -0.05) is 32.0 Å². The van der Waals surface area contributed by atoms with E-state index in [1.54, 1.807) is 6.07 Å². The van der Waals surface area contributed by atoms with Crippen LogP contribution in [0, 0.1) is 5.41 Å². The largest absolute Gasteiger partial charge is 0.416 e. The summed E-state index contributed by atoms with van der Waals surface area (Å²) in [5, 5.41) is 3.21. The number of rotatable bonds is 2. The maximum absolute atomic E-state index is 12.6. The Morgan fingerprint density at radius 3 is 2.68 bits per heavy atom. The Labute approximate surface area is 111 Å². The molecule has 1 aliphatic heterocycles. The maximum atomic E-state index is 12.6. The molecule has 1 saturated heterocycles. The minimum atomic E-state index is -4.29. The molecule has 106 valence electrons. The summed E-state index contributed by atoms with van der Waals surface area (Å²) in [6, 6.07) is 5.40. The van der Waals surface area contributed by atoms with Crippen molar-refractivity contribution in [2.24, 2.45) is 5.41 Å². The Kier molecular flexibility index (Phi) is 3.87. The minimum Gasteiger partial charge on any atom is -0.362 e. The summed E-state index contributed by atoms with van der Waals surface area (Å²) in [7, 11) is 0. The minimum absolute atomic E-state index is 0.0737. The molecule has 0 aliphatic carbocycles. The SMILES string of the molecule is CC1(C)CNC(Cc2cccc(C(F)(F)F)c2)OC1. The van der Waals surface area contributed by atoms with Crippen LogP contribution < -0.4 is 5.32 Å². The van der Waals surface area contributed by atoms with E-state index in [0.717, 1.165) is 12.6 Å². The molecule has 2 rings (SSSR count). The predicted molar refractivity (Wildman–Crippen MR) is 66.7 cm³/mol. The molecule has 1 aromatic rings. The first-order chi connectivity index (χ1) is 8.76. The van der Waals surface area contributed by atoms with Crippen LogP contribution in [0.15, 0.2) is 24.3 Å². The number of hydrogen-bond acceptors (Lipinski definition) is 2. The van der Waals surface area contributed by atoms with E-state index < -0.39 is 11.7 Å². The van der Waals surface area contributed by atoms with Gasteiger partial charge in [-0.15, -0.1) is 0 Å². The quantitative estimate of drug-likeness (QED) is 0.893. The van der Waals surface area contributed by atoms with E-state index in [9.17, 15) is 13.2 Å². The standard InChI is InChI=1S/C14H18F3NO/c1-13(2)8-18-12(19-9-13)7-10-4-3-5-11(6-10)14(15,16)17/h3-6,12,18H,7-9H2,1-2H3. The third kappa shape index (κ3) is 3.94. The summed E-state index contributed by atoms with van der Waals surface area (Å²) in [6.45, 7) is 5.58. The molecule has 0 spiro atoms. The van der Waals surface area contributed by atoms with Crippen LogP contribution in [0.1, 0.15) is 25.0 Å². The average Bonchev–Trinajstić information content (AvgIpc) is 2.31. The van der Waals surface area contributed by atoms with Crippen LogP contribution in [0.5, 0.6) is 0 Å². The maximum Gasteiger partial charge on any atom is 0.416 e. The van der Waals surface area contributed by atoms with Crippen LogP contribution in [0.2, 0.25) is 0 Å². The number of alkyl halides is 3. The Morgan fingerprint density at radius 1 is 1.37 bits per heavy atom. The Morgan fingerprint density at radius 2 is 2.11 bits per heavy atom. The van der Waals surface area contributed by atoms with Crippen molar-refractivity contribution in [3.63, 3.8) is 0 Å². The van der Waals surface area contributed by atoms with Gasteiger partial charge in [0.2, 0.25) is 0 Å². The fourth-order valence-electron chi connectivity index (χ4n) is 2.05. The van der Waals surface area contributed by atoms with E-state index in [2.05, 4.69) is 19.2 Å². The van der Waals surface area contributed by atoms with E-state index >= 15 is 0 Å². The van der Waals surface area contributed by atoms with Crippen molar-refractivity contribution in [3.8, 4) is 0 Å². The lowest BCUT2D eigenvalue weighted by Crippen LogP contribution is -2.48. The Balaban J connectivity index is 2.00. The lowest BCUT2D eigenvalue weighted by Gasteiger charge is -2.35. The topological polar surface area (TPSA) is 21.3 Å². The van der Waals surface area contributed by atoms with Gasteiger partial charge in [-0.25, -0.2) is 0 Å². The van der Waals surface area contributed by atoms with Crippen molar-refractivity contribution in [1.29, 1.82) is 0 Å². The van der Waals surface area contributed by atoms with Gasteiger partial charge in [-0.05, 0) is 11.6 Å². The summed E-state index contributed by atoms with van der Waals surface area (Å²) < 4.78 is 43.4. The van der Waals surface area contributed by atoms with Crippen LogP contribution in [0.4, 0.5) is 13.2 Å². The molecular formula is C14H18F3NO. The van der Waals surface area contributed by atoms with Crippen LogP contribution >= 0.6 is 0 Å². The average molecular weight is 273 g/mol. The lowest BCUT2D eigenvalue weighted by molar-refractivity contribution is -0.137. The molecule has 0 aromatic heterocycles. The van der Waals surface area contributed by atoms with Crippen molar-refractivity contribution in [2.45, 2.75) is 32.7 Å². The highest BCUT2D eigenvalue weighted by Gasteiger charge is 2.31.